The third-order valence-corrected chi connectivity index (χ3v) is 3.53. The molecule has 3 N–H and O–H groups in total. The van der Waals surface area contributed by atoms with Crippen molar-refractivity contribution in [3.8, 4) is 5.75 Å². The Hall–Kier alpha value is -1.55. The molecule has 4 heteroatoms. The molecule has 0 aliphatic carbocycles. The SMILES string of the molecule is CC[C@H](C)[C@H](N)C(=O)N[C@@H](C)c1ccc(OC)cc1. The zero-order valence-corrected chi connectivity index (χ0v) is 12.1. The molecule has 1 rings (SSSR count). The van der Waals surface area contributed by atoms with Crippen LogP contribution in [0.4, 0.5) is 0 Å². The van der Waals surface area contributed by atoms with Crippen LogP contribution in [0.2, 0.25) is 0 Å². The molecule has 4 nitrogen and oxygen atoms in total. The van der Waals surface area contributed by atoms with E-state index < -0.39 is 6.04 Å². The van der Waals surface area contributed by atoms with E-state index in [-0.39, 0.29) is 17.9 Å². The second-order valence-electron chi connectivity index (χ2n) is 4.91. The second-order valence-corrected chi connectivity index (χ2v) is 4.91. The van der Waals surface area contributed by atoms with E-state index in [2.05, 4.69) is 5.32 Å². The summed E-state index contributed by atoms with van der Waals surface area (Å²) in [6.07, 6.45) is 0.894. The highest BCUT2D eigenvalue weighted by Crippen LogP contribution is 2.17. The van der Waals surface area contributed by atoms with E-state index in [1.165, 1.54) is 0 Å². The van der Waals surface area contributed by atoms with Gasteiger partial charge in [-0.3, -0.25) is 4.79 Å². The van der Waals surface area contributed by atoms with Crippen molar-refractivity contribution in [2.45, 2.75) is 39.3 Å². The largest absolute Gasteiger partial charge is 0.497 e. The van der Waals surface area contributed by atoms with E-state index >= 15 is 0 Å². The Bertz CT molecular complexity index is 403. The molecule has 0 radical (unpaired) electrons. The summed E-state index contributed by atoms with van der Waals surface area (Å²) < 4.78 is 5.11. The minimum atomic E-state index is -0.453. The first kappa shape index (κ1) is 15.5. The van der Waals surface area contributed by atoms with E-state index in [1.807, 2.05) is 45.0 Å². The van der Waals surface area contributed by atoms with E-state index in [0.29, 0.717) is 0 Å². The van der Waals surface area contributed by atoms with Gasteiger partial charge >= 0.3 is 0 Å². The molecule has 3 atom stereocenters. The number of benzene rings is 1. The summed E-state index contributed by atoms with van der Waals surface area (Å²) in [5, 5.41) is 2.94. The summed E-state index contributed by atoms with van der Waals surface area (Å²) in [4.78, 5) is 12.0. The van der Waals surface area contributed by atoms with Crippen LogP contribution in [0.15, 0.2) is 24.3 Å². The molecule has 0 aliphatic heterocycles. The van der Waals surface area contributed by atoms with Crippen molar-refractivity contribution >= 4 is 5.91 Å². The summed E-state index contributed by atoms with van der Waals surface area (Å²) in [5.74, 6) is 0.888. The Morgan fingerprint density at radius 2 is 1.89 bits per heavy atom. The molecule has 106 valence electrons. The fourth-order valence-electron chi connectivity index (χ4n) is 1.80. The molecule has 0 saturated heterocycles. The van der Waals surface area contributed by atoms with Crippen molar-refractivity contribution in [2.75, 3.05) is 7.11 Å². The van der Waals surface area contributed by atoms with E-state index in [1.54, 1.807) is 7.11 Å². The molecular weight excluding hydrogens is 240 g/mol. The number of methoxy groups -OCH3 is 1. The number of ether oxygens (including phenoxy) is 1. The number of nitrogens with two attached hydrogens (primary N) is 1. The summed E-state index contributed by atoms with van der Waals surface area (Å²) in [6.45, 7) is 5.97. The summed E-state index contributed by atoms with van der Waals surface area (Å²) in [5.41, 5.74) is 6.94. The number of carbonyl (C=O) groups is 1. The van der Waals surface area contributed by atoms with Gasteiger partial charge in [-0.05, 0) is 30.5 Å². The van der Waals surface area contributed by atoms with Crippen LogP contribution in [0, 0.1) is 5.92 Å². The topological polar surface area (TPSA) is 64.4 Å². The number of carbonyl (C=O) groups excluding carboxylic acids is 1. The quantitative estimate of drug-likeness (QED) is 0.828. The Kier molecular flexibility index (Phi) is 5.83. The molecule has 0 aromatic heterocycles. The lowest BCUT2D eigenvalue weighted by Gasteiger charge is -2.21. The van der Waals surface area contributed by atoms with Crippen LogP contribution in [-0.2, 0) is 4.79 Å². The second kappa shape index (κ2) is 7.14. The molecule has 0 unspecified atom stereocenters. The van der Waals surface area contributed by atoms with Gasteiger partial charge in [0.15, 0.2) is 0 Å². The Balaban J connectivity index is 2.63. The van der Waals surface area contributed by atoms with E-state index in [0.717, 1.165) is 17.7 Å². The first-order chi connectivity index (χ1) is 8.99. The molecule has 0 saturated carbocycles. The molecule has 0 heterocycles. The Labute approximate surface area is 115 Å². The van der Waals surface area contributed by atoms with Gasteiger partial charge in [-0.25, -0.2) is 0 Å². The predicted molar refractivity (Wildman–Crippen MR) is 77.0 cm³/mol. The third-order valence-electron chi connectivity index (χ3n) is 3.53. The predicted octanol–water partition coefficient (Wildman–Crippen LogP) is 2.25. The molecule has 0 bridgehead atoms. The lowest BCUT2D eigenvalue weighted by atomic mass is 9.98. The van der Waals surface area contributed by atoms with Gasteiger partial charge in [0.1, 0.15) is 5.75 Å². The van der Waals surface area contributed by atoms with Crippen molar-refractivity contribution in [1.29, 1.82) is 0 Å². The van der Waals surface area contributed by atoms with Crippen LogP contribution in [0.5, 0.6) is 5.75 Å². The maximum Gasteiger partial charge on any atom is 0.237 e. The smallest absolute Gasteiger partial charge is 0.237 e. The molecule has 0 aliphatic rings. The van der Waals surface area contributed by atoms with Crippen LogP contribution in [0.3, 0.4) is 0 Å². The minimum absolute atomic E-state index is 0.0616. The molecule has 0 fully saturated rings. The molecular formula is C15H24N2O2. The summed E-state index contributed by atoms with van der Waals surface area (Å²) in [6, 6.07) is 7.13. The molecule has 19 heavy (non-hydrogen) atoms. The van der Waals surface area contributed by atoms with Crippen LogP contribution < -0.4 is 15.8 Å². The minimum Gasteiger partial charge on any atom is -0.497 e. The lowest BCUT2D eigenvalue weighted by Crippen LogP contribution is -2.45. The number of hydrogen-bond acceptors (Lipinski definition) is 3. The number of nitrogens with one attached hydrogen (secondary N) is 1. The zero-order chi connectivity index (χ0) is 14.4. The highest BCUT2D eigenvalue weighted by molar-refractivity contribution is 5.82. The van der Waals surface area contributed by atoms with Crippen molar-refractivity contribution in [2.24, 2.45) is 11.7 Å². The zero-order valence-electron chi connectivity index (χ0n) is 12.1. The van der Waals surface area contributed by atoms with E-state index in [9.17, 15) is 4.79 Å². The van der Waals surface area contributed by atoms with Crippen LogP contribution in [0.25, 0.3) is 0 Å². The van der Waals surface area contributed by atoms with Gasteiger partial charge in [0.2, 0.25) is 5.91 Å². The third kappa shape index (κ3) is 4.24. The summed E-state index contributed by atoms with van der Waals surface area (Å²) >= 11 is 0. The normalized spacial score (nSPS) is 15.4. The van der Waals surface area contributed by atoms with Crippen molar-refractivity contribution in [3.63, 3.8) is 0 Å². The molecule has 1 aromatic carbocycles. The van der Waals surface area contributed by atoms with Gasteiger partial charge in [0, 0.05) is 0 Å². The average molecular weight is 264 g/mol. The number of rotatable bonds is 6. The fraction of sp³-hybridized carbons (Fsp3) is 0.533. The van der Waals surface area contributed by atoms with Crippen LogP contribution >= 0.6 is 0 Å². The number of hydrogen-bond donors (Lipinski definition) is 2. The van der Waals surface area contributed by atoms with Crippen molar-refractivity contribution < 1.29 is 9.53 Å². The van der Waals surface area contributed by atoms with Crippen molar-refractivity contribution in [1.82, 2.24) is 5.32 Å². The molecule has 1 amide bonds. The highest BCUT2D eigenvalue weighted by Gasteiger charge is 2.21. The van der Waals surface area contributed by atoms with Crippen molar-refractivity contribution in [3.05, 3.63) is 29.8 Å². The van der Waals surface area contributed by atoms with Gasteiger partial charge in [-0.15, -0.1) is 0 Å². The summed E-state index contributed by atoms with van der Waals surface area (Å²) in [7, 11) is 1.63. The molecule has 1 aromatic rings. The standard InChI is InChI=1S/C15H24N2O2/c1-5-10(2)14(16)15(18)17-11(3)12-6-8-13(19-4)9-7-12/h6-11,14H,5,16H2,1-4H3,(H,17,18)/t10-,11-,14-/m0/s1. The first-order valence-electron chi connectivity index (χ1n) is 6.69. The van der Waals surface area contributed by atoms with Gasteiger partial charge in [0.25, 0.3) is 0 Å². The van der Waals surface area contributed by atoms with Gasteiger partial charge < -0.3 is 15.8 Å². The Morgan fingerprint density at radius 3 is 2.37 bits per heavy atom. The Morgan fingerprint density at radius 1 is 1.32 bits per heavy atom. The highest BCUT2D eigenvalue weighted by atomic mass is 16.5. The van der Waals surface area contributed by atoms with Gasteiger partial charge in [0.05, 0.1) is 19.2 Å². The van der Waals surface area contributed by atoms with Crippen LogP contribution in [-0.4, -0.2) is 19.1 Å². The fourth-order valence-corrected chi connectivity index (χ4v) is 1.80. The monoisotopic (exact) mass is 264 g/mol. The first-order valence-corrected chi connectivity index (χ1v) is 6.69. The maximum atomic E-state index is 12.0. The van der Waals surface area contributed by atoms with Gasteiger partial charge in [-0.2, -0.15) is 0 Å². The van der Waals surface area contributed by atoms with Gasteiger partial charge in [-0.1, -0.05) is 32.4 Å². The molecule has 0 spiro atoms. The number of amides is 1. The van der Waals surface area contributed by atoms with E-state index in [4.69, 9.17) is 10.5 Å². The lowest BCUT2D eigenvalue weighted by molar-refractivity contribution is -0.124. The van der Waals surface area contributed by atoms with Crippen LogP contribution in [0.1, 0.15) is 38.8 Å². The maximum absolute atomic E-state index is 12.0. The average Bonchev–Trinajstić information content (AvgIpc) is 2.45.